The van der Waals surface area contributed by atoms with Gasteiger partial charge in [-0.05, 0) is 17.8 Å². The summed E-state index contributed by atoms with van der Waals surface area (Å²) in [6.07, 6.45) is 7.80. The molecule has 0 aromatic heterocycles. The molecule has 0 aliphatic rings. The second-order valence-electron chi connectivity index (χ2n) is 6.06. The van der Waals surface area contributed by atoms with E-state index in [1.54, 1.807) is 0 Å². The molecule has 102 valence electrons. The predicted octanol–water partition coefficient (Wildman–Crippen LogP) is 4.73. The van der Waals surface area contributed by atoms with Gasteiger partial charge < -0.3 is 5.11 Å². The van der Waals surface area contributed by atoms with E-state index in [9.17, 15) is 4.79 Å². The summed E-state index contributed by atoms with van der Waals surface area (Å²) in [6.45, 7) is 8.91. The third-order valence-electron chi connectivity index (χ3n) is 3.40. The van der Waals surface area contributed by atoms with Crippen LogP contribution in [0.1, 0.15) is 72.6 Å². The van der Waals surface area contributed by atoms with E-state index >= 15 is 0 Å². The molecule has 0 fully saturated rings. The van der Waals surface area contributed by atoms with Crippen LogP contribution in [0, 0.1) is 17.8 Å². The van der Waals surface area contributed by atoms with Gasteiger partial charge in [0.05, 0.1) is 0 Å². The summed E-state index contributed by atoms with van der Waals surface area (Å²) < 4.78 is 0. The second-order valence-corrected chi connectivity index (χ2v) is 6.06. The predicted molar refractivity (Wildman–Crippen MR) is 73.1 cm³/mol. The van der Waals surface area contributed by atoms with Gasteiger partial charge in [0.2, 0.25) is 0 Å². The van der Waals surface area contributed by atoms with Crippen LogP contribution >= 0.6 is 0 Å². The van der Waals surface area contributed by atoms with Gasteiger partial charge in [0.15, 0.2) is 0 Å². The molecular formula is C15H30O2. The molecule has 0 bridgehead atoms. The highest BCUT2D eigenvalue weighted by Gasteiger charge is 2.09. The Morgan fingerprint density at radius 3 is 1.82 bits per heavy atom. The zero-order chi connectivity index (χ0) is 13.3. The number of carbonyl (C=O) groups is 1. The summed E-state index contributed by atoms with van der Waals surface area (Å²) in [7, 11) is 0. The first-order valence-electron chi connectivity index (χ1n) is 7.13. The van der Waals surface area contributed by atoms with Gasteiger partial charge >= 0.3 is 5.97 Å². The Morgan fingerprint density at radius 1 is 0.882 bits per heavy atom. The molecule has 2 atom stereocenters. The molecule has 0 unspecified atom stereocenters. The van der Waals surface area contributed by atoms with Crippen LogP contribution in [-0.2, 0) is 4.79 Å². The van der Waals surface area contributed by atoms with Crippen LogP contribution in [0.4, 0.5) is 0 Å². The first-order valence-corrected chi connectivity index (χ1v) is 7.13. The number of aliphatic carboxylic acids is 1. The van der Waals surface area contributed by atoms with Gasteiger partial charge in [-0.3, -0.25) is 4.79 Å². The number of hydrogen-bond acceptors (Lipinski definition) is 1. The van der Waals surface area contributed by atoms with Crippen molar-refractivity contribution in [3.63, 3.8) is 0 Å². The van der Waals surface area contributed by atoms with Crippen molar-refractivity contribution in [2.75, 3.05) is 0 Å². The van der Waals surface area contributed by atoms with E-state index in [4.69, 9.17) is 5.11 Å². The van der Waals surface area contributed by atoms with Gasteiger partial charge in [-0.2, -0.15) is 0 Å². The minimum atomic E-state index is -0.664. The minimum Gasteiger partial charge on any atom is -0.481 e. The molecule has 0 aliphatic heterocycles. The monoisotopic (exact) mass is 242 g/mol. The molecule has 0 spiro atoms. The molecule has 0 aromatic rings. The third kappa shape index (κ3) is 11.7. The van der Waals surface area contributed by atoms with E-state index < -0.39 is 5.97 Å². The zero-order valence-corrected chi connectivity index (χ0v) is 12.0. The van der Waals surface area contributed by atoms with E-state index in [0.717, 1.165) is 18.3 Å². The summed E-state index contributed by atoms with van der Waals surface area (Å²) in [5.41, 5.74) is 0. The van der Waals surface area contributed by atoms with E-state index in [1.165, 1.54) is 32.1 Å². The molecule has 1 N–H and O–H groups in total. The Morgan fingerprint density at radius 2 is 1.35 bits per heavy atom. The van der Waals surface area contributed by atoms with Gasteiger partial charge in [-0.15, -0.1) is 0 Å². The van der Waals surface area contributed by atoms with E-state index in [2.05, 4.69) is 20.8 Å². The quantitative estimate of drug-likeness (QED) is 0.601. The van der Waals surface area contributed by atoms with Crippen LogP contribution in [0.2, 0.25) is 0 Å². The maximum Gasteiger partial charge on any atom is 0.303 e. The molecule has 2 nitrogen and oxygen atoms in total. The lowest BCUT2D eigenvalue weighted by Crippen LogP contribution is -2.05. The van der Waals surface area contributed by atoms with Crippen LogP contribution in [-0.4, -0.2) is 11.1 Å². The van der Waals surface area contributed by atoms with Crippen molar-refractivity contribution >= 4 is 5.97 Å². The number of rotatable bonds is 10. The Hall–Kier alpha value is -0.530. The van der Waals surface area contributed by atoms with Crippen molar-refractivity contribution in [3.8, 4) is 0 Å². The maximum absolute atomic E-state index is 10.5. The van der Waals surface area contributed by atoms with Gasteiger partial charge in [0, 0.05) is 6.42 Å². The van der Waals surface area contributed by atoms with Gasteiger partial charge in [-0.1, -0.05) is 66.2 Å². The fourth-order valence-corrected chi connectivity index (χ4v) is 2.23. The molecule has 0 amide bonds. The molecule has 17 heavy (non-hydrogen) atoms. The standard InChI is InChI=1S/C15H30O2/c1-12(2)7-5-8-13(3)9-6-10-14(4)11-15(16)17/h12-14H,5-11H2,1-4H3,(H,16,17)/t13-,14+/m0/s1. The van der Waals surface area contributed by atoms with Crippen LogP contribution in [0.25, 0.3) is 0 Å². The van der Waals surface area contributed by atoms with E-state index in [-0.39, 0.29) is 0 Å². The summed E-state index contributed by atoms with van der Waals surface area (Å²) >= 11 is 0. The smallest absolute Gasteiger partial charge is 0.303 e. The van der Waals surface area contributed by atoms with Crippen LogP contribution in [0.5, 0.6) is 0 Å². The molecule has 0 aromatic carbocycles. The average molecular weight is 242 g/mol. The number of carboxylic acids is 1. The first kappa shape index (κ1) is 16.5. The van der Waals surface area contributed by atoms with Crippen molar-refractivity contribution in [3.05, 3.63) is 0 Å². The molecule has 0 rings (SSSR count). The lowest BCUT2D eigenvalue weighted by atomic mass is 9.93. The SMILES string of the molecule is CC(C)CCC[C@H](C)CCC[C@@H](C)CC(=O)O. The van der Waals surface area contributed by atoms with E-state index in [1.807, 2.05) is 6.92 Å². The highest BCUT2D eigenvalue weighted by Crippen LogP contribution is 2.20. The Labute approximate surface area is 107 Å². The Balaban J connectivity index is 3.44. The van der Waals surface area contributed by atoms with Crippen molar-refractivity contribution in [1.29, 1.82) is 0 Å². The lowest BCUT2D eigenvalue weighted by Gasteiger charge is -2.13. The minimum absolute atomic E-state index is 0.321. The highest BCUT2D eigenvalue weighted by molar-refractivity contribution is 5.66. The molecule has 0 saturated heterocycles. The molecule has 2 heteroatoms. The lowest BCUT2D eigenvalue weighted by molar-refractivity contribution is -0.138. The van der Waals surface area contributed by atoms with Crippen LogP contribution < -0.4 is 0 Å². The Kier molecular flexibility index (Phi) is 9.20. The van der Waals surface area contributed by atoms with E-state index in [0.29, 0.717) is 12.3 Å². The molecule has 0 saturated carbocycles. The molecule has 0 aliphatic carbocycles. The normalized spacial score (nSPS) is 14.9. The topological polar surface area (TPSA) is 37.3 Å². The highest BCUT2D eigenvalue weighted by atomic mass is 16.4. The van der Waals surface area contributed by atoms with Crippen molar-refractivity contribution in [1.82, 2.24) is 0 Å². The number of carboxylic acid groups (broad SMARTS) is 1. The van der Waals surface area contributed by atoms with Crippen LogP contribution in [0.3, 0.4) is 0 Å². The zero-order valence-electron chi connectivity index (χ0n) is 12.0. The fourth-order valence-electron chi connectivity index (χ4n) is 2.23. The van der Waals surface area contributed by atoms with Crippen molar-refractivity contribution in [2.24, 2.45) is 17.8 Å². The third-order valence-corrected chi connectivity index (χ3v) is 3.40. The fraction of sp³-hybridized carbons (Fsp3) is 0.933. The number of hydrogen-bond donors (Lipinski definition) is 1. The van der Waals surface area contributed by atoms with Crippen molar-refractivity contribution < 1.29 is 9.90 Å². The summed E-state index contributed by atoms with van der Waals surface area (Å²) in [6, 6.07) is 0. The molecule has 0 radical (unpaired) electrons. The molecule has 0 heterocycles. The van der Waals surface area contributed by atoms with Crippen molar-refractivity contribution in [2.45, 2.75) is 72.6 Å². The average Bonchev–Trinajstić information content (AvgIpc) is 2.15. The Bertz CT molecular complexity index is 199. The summed E-state index contributed by atoms with van der Waals surface area (Å²) in [5.74, 6) is 1.28. The second kappa shape index (κ2) is 9.49. The van der Waals surface area contributed by atoms with Gasteiger partial charge in [0.25, 0.3) is 0 Å². The first-order chi connectivity index (χ1) is 7.91. The van der Waals surface area contributed by atoms with Gasteiger partial charge in [0.1, 0.15) is 0 Å². The van der Waals surface area contributed by atoms with Gasteiger partial charge in [-0.25, -0.2) is 0 Å². The van der Waals surface area contributed by atoms with Crippen LogP contribution in [0.15, 0.2) is 0 Å². The summed E-state index contributed by atoms with van der Waals surface area (Å²) in [4.78, 5) is 10.5. The largest absolute Gasteiger partial charge is 0.481 e. The molecular weight excluding hydrogens is 212 g/mol. The maximum atomic E-state index is 10.5. The summed E-state index contributed by atoms with van der Waals surface area (Å²) in [5, 5.41) is 8.66.